The largest absolute Gasteiger partial charge is 0.356 e. The number of likely N-dealkylation sites (tertiary alicyclic amines) is 1. The van der Waals surface area contributed by atoms with Crippen molar-refractivity contribution in [2.45, 2.75) is 39.3 Å². The summed E-state index contributed by atoms with van der Waals surface area (Å²) >= 11 is 0. The minimum atomic E-state index is -0.192. The molecule has 2 aliphatic rings. The van der Waals surface area contributed by atoms with Gasteiger partial charge in [-0.1, -0.05) is 30.2 Å². The predicted octanol–water partition coefficient (Wildman–Crippen LogP) is 3.28. The van der Waals surface area contributed by atoms with Crippen LogP contribution in [0.2, 0.25) is 0 Å². The van der Waals surface area contributed by atoms with Gasteiger partial charge in [-0.15, -0.1) is 18.3 Å². The molecule has 1 N–H and O–H groups in total. The average Bonchev–Trinajstić information content (AvgIpc) is 3.52. The van der Waals surface area contributed by atoms with Crippen LogP contribution in [0.5, 0.6) is 0 Å². The quantitative estimate of drug-likeness (QED) is 0.378. The van der Waals surface area contributed by atoms with Gasteiger partial charge in [-0.3, -0.25) is 19.1 Å². The maximum absolute atomic E-state index is 14.2. The Balaban J connectivity index is 0.00000323. The molecule has 1 amide bonds. The molecule has 10 heteroatoms. The summed E-state index contributed by atoms with van der Waals surface area (Å²) in [4.78, 5) is 41.7. The first-order valence-electron chi connectivity index (χ1n) is 13.8. The monoisotopic (exact) mass is 559 g/mol. The molecule has 2 aliphatic heterocycles. The summed E-state index contributed by atoms with van der Waals surface area (Å²) in [5.41, 5.74) is 2.02. The van der Waals surface area contributed by atoms with Crippen LogP contribution in [0.1, 0.15) is 42.2 Å². The van der Waals surface area contributed by atoms with Gasteiger partial charge < -0.3 is 19.7 Å². The molecular weight excluding hydrogens is 526 g/mol. The van der Waals surface area contributed by atoms with E-state index in [-0.39, 0.29) is 30.4 Å². The summed E-state index contributed by atoms with van der Waals surface area (Å²) in [6, 6.07) is 10.00. The van der Waals surface area contributed by atoms with Crippen molar-refractivity contribution in [3.8, 4) is 11.8 Å². The van der Waals surface area contributed by atoms with Gasteiger partial charge in [0.1, 0.15) is 22.4 Å². The predicted molar refractivity (Wildman–Crippen MR) is 160 cm³/mol. The summed E-state index contributed by atoms with van der Waals surface area (Å²) in [6.07, 6.45) is 6.27. The molecule has 3 aromatic heterocycles. The molecule has 0 saturated carbocycles. The molecule has 208 valence electrons. The summed E-state index contributed by atoms with van der Waals surface area (Å²) in [5, 5.41) is 5.52. The Kier molecular flexibility index (Phi) is 8.38. The van der Waals surface area contributed by atoms with Crippen molar-refractivity contribution < 1.29 is 4.79 Å². The van der Waals surface area contributed by atoms with Crippen molar-refractivity contribution in [1.29, 1.82) is 0 Å². The first-order chi connectivity index (χ1) is 19.2. The highest BCUT2D eigenvalue weighted by molar-refractivity contribution is 6.10. The topological polar surface area (TPSA) is 88.3 Å². The van der Waals surface area contributed by atoms with Crippen molar-refractivity contribution in [1.82, 2.24) is 29.3 Å². The van der Waals surface area contributed by atoms with E-state index in [1.165, 1.54) is 0 Å². The number of rotatable bonds is 5. The summed E-state index contributed by atoms with van der Waals surface area (Å²) in [7, 11) is 0. The van der Waals surface area contributed by atoms with E-state index in [1.54, 1.807) is 24.0 Å². The van der Waals surface area contributed by atoms with E-state index in [4.69, 9.17) is 4.98 Å². The fourth-order valence-electron chi connectivity index (χ4n) is 5.81. The second-order valence-corrected chi connectivity index (χ2v) is 10.2. The zero-order valence-corrected chi connectivity index (χ0v) is 23.5. The molecule has 2 saturated heterocycles. The number of hydrogen-bond acceptors (Lipinski definition) is 6. The Labute approximate surface area is 239 Å². The Morgan fingerprint density at radius 2 is 1.85 bits per heavy atom. The number of hydrogen-bond donors (Lipinski definition) is 1. The van der Waals surface area contributed by atoms with E-state index >= 15 is 0 Å². The van der Waals surface area contributed by atoms with Gasteiger partial charge in [0.05, 0.1) is 25.1 Å². The standard InChI is InChI=1S/C30H33N7O2.ClH/c1-2-3-18-37-27-26(25(29(38)35-15-6-7-16-35)28(37)34-17-8-12-31-14-19-34)33-21-36(30(27)39)20-24-23-10-5-4-9-22(23)11-13-32-24;/h4-5,9-11,13,21,31H,6-8,12,14-20H2,1H3;1H. The van der Waals surface area contributed by atoms with Crippen LogP contribution in [0, 0.1) is 11.8 Å². The molecule has 1 aromatic carbocycles. The van der Waals surface area contributed by atoms with Crippen LogP contribution in [0.15, 0.2) is 47.7 Å². The fourth-order valence-corrected chi connectivity index (χ4v) is 5.81. The number of amides is 1. The zero-order chi connectivity index (χ0) is 26.8. The number of carbonyl (C=O) groups is 1. The van der Waals surface area contributed by atoms with Gasteiger partial charge in [0, 0.05) is 44.3 Å². The number of benzene rings is 1. The third-order valence-corrected chi connectivity index (χ3v) is 7.74. The van der Waals surface area contributed by atoms with Crippen LogP contribution in [0.3, 0.4) is 0 Å². The lowest BCUT2D eigenvalue weighted by molar-refractivity contribution is 0.0795. The number of nitrogens with one attached hydrogen (secondary N) is 1. The number of fused-ring (bicyclic) bond motifs is 2. The third-order valence-electron chi connectivity index (χ3n) is 7.74. The lowest BCUT2D eigenvalue weighted by Crippen LogP contribution is -2.34. The molecule has 0 atom stereocenters. The molecule has 0 spiro atoms. The highest BCUT2D eigenvalue weighted by atomic mass is 35.5. The Hall–Kier alpha value is -3.87. The fraction of sp³-hybridized carbons (Fsp3) is 0.400. The second kappa shape index (κ2) is 12.1. The van der Waals surface area contributed by atoms with Crippen LogP contribution in [-0.2, 0) is 13.1 Å². The zero-order valence-electron chi connectivity index (χ0n) is 22.7. The van der Waals surface area contributed by atoms with Gasteiger partial charge >= 0.3 is 0 Å². The molecule has 9 nitrogen and oxygen atoms in total. The molecule has 4 aromatic rings. The number of carbonyl (C=O) groups excluding carboxylic acids is 1. The van der Waals surface area contributed by atoms with E-state index in [9.17, 15) is 9.59 Å². The van der Waals surface area contributed by atoms with Crippen molar-refractivity contribution >= 4 is 45.9 Å². The Morgan fingerprint density at radius 3 is 2.67 bits per heavy atom. The number of halogens is 1. The van der Waals surface area contributed by atoms with E-state index in [2.05, 4.69) is 27.0 Å². The van der Waals surface area contributed by atoms with Gasteiger partial charge in [-0.25, -0.2) is 4.98 Å². The number of anilines is 1. The van der Waals surface area contributed by atoms with Crippen LogP contribution in [0.25, 0.3) is 21.8 Å². The van der Waals surface area contributed by atoms with E-state index in [1.807, 2.05) is 39.8 Å². The van der Waals surface area contributed by atoms with Gasteiger partial charge in [0.2, 0.25) is 0 Å². The van der Waals surface area contributed by atoms with E-state index in [0.717, 1.165) is 80.8 Å². The normalized spacial score (nSPS) is 15.5. The van der Waals surface area contributed by atoms with Crippen LogP contribution < -0.4 is 15.8 Å². The highest BCUT2D eigenvalue weighted by Gasteiger charge is 2.33. The lowest BCUT2D eigenvalue weighted by Gasteiger charge is -2.26. The minimum absolute atomic E-state index is 0. The van der Waals surface area contributed by atoms with Crippen molar-refractivity contribution in [2.24, 2.45) is 0 Å². The SMILES string of the molecule is CC#CCn1c(N2CCCNCC2)c(C(=O)N2CCCC2)c2ncn(Cc3nccc4ccccc34)c(=O)c21.Cl. The van der Waals surface area contributed by atoms with Crippen LogP contribution >= 0.6 is 12.4 Å². The maximum Gasteiger partial charge on any atom is 0.278 e. The molecule has 5 heterocycles. The van der Waals surface area contributed by atoms with Crippen LogP contribution in [-0.4, -0.2) is 69.2 Å². The molecule has 0 aliphatic carbocycles. The molecule has 40 heavy (non-hydrogen) atoms. The molecule has 0 bridgehead atoms. The van der Waals surface area contributed by atoms with Gasteiger partial charge in [0.25, 0.3) is 11.5 Å². The second-order valence-electron chi connectivity index (χ2n) is 10.2. The number of pyridine rings is 1. The number of nitrogens with zero attached hydrogens (tertiary/aromatic N) is 6. The van der Waals surface area contributed by atoms with Crippen molar-refractivity contribution in [2.75, 3.05) is 44.2 Å². The smallest absolute Gasteiger partial charge is 0.278 e. The first-order valence-corrected chi connectivity index (χ1v) is 13.8. The summed E-state index contributed by atoms with van der Waals surface area (Å²) in [5.74, 6) is 6.84. The maximum atomic E-state index is 14.2. The summed E-state index contributed by atoms with van der Waals surface area (Å²) < 4.78 is 3.54. The molecule has 2 fully saturated rings. The van der Waals surface area contributed by atoms with Gasteiger partial charge in [-0.2, -0.15) is 0 Å². The molecule has 0 unspecified atom stereocenters. The lowest BCUT2D eigenvalue weighted by atomic mass is 10.1. The summed E-state index contributed by atoms with van der Waals surface area (Å²) in [6.45, 7) is 7.10. The molecule has 0 radical (unpaired) electrons. The van der Waals surface area contributed by atoms with E-state index in [0.29, 0.717) is 23.1 Å². The average molecular weight is 560 g/mol. The minimum Gasteiger partial charge on any atom is -0.356 e. The molecular formula is C30H34ClN7O2. The van der Waals surface area contributed by atoms with Crippen molar-refractivity contribution in [3.05, 3.63) is 64.5 Å². The van der Waals surface area contributed by atoms with Gasteiger partial charge in [0.15, 0.2) is 0 Å². The first kappa shape index (κ1) is 27.7. The van der Waals surface area contributed by atoms with Crippen LogP contribution in [0.4, 0.5) is 5.82 Å². The van der Waals surface area contributed by atoms with Crippen molar-refractivity contribution in [3.63, 3.8) is 0 Å². The Morgan fingerprint density at radius 1 is 1.02 bits per heavy atom. The van der Waals surface area contributed by atoms with Gasteiger partial charge in [-0.05, 0) is 44.2 Å². The Bertz CT molecular complexity index is 1650. The third kappa shape index (κ3) is 5.05. The molecule has 6 rings (SSSR count). The number of aromatic nitrogens is 4. The van der Waals surface area contributed by atoms with E-state index < -0.39 is 0 Å². The highest BCUT2D eigenvalue weighted by Crippen LogP contribution is 2.33.